The molecule has 3 heteroatoms. The van der Waals surface area contributed by atoms with Crippen LogP contribution in [0.5, 0.6) is 0 Å². The average Bonchev–Trinajstić information content (AvgIpc) is 2.93. The summed E-state index contributed by atoms with van der Waals surface area (Å²) in [5.74, 6) is 0. The van der Waals surface area contributed by atoms with Crippen molar-refractivity contribution in [3.8, 4) is 0 Å². The highest BCUT2D eigenvalue weighted by molar-refractivity contribution is 8.32. The van der Waals surface area contributed by atoms with Crippen molar-refractivity contribution in [2.75, 3.05) is 0 Å². The van der Waals surface area contributed by atoms with E-state index in [1.165, 1.54) is 173 Å². The van der Waals surface area contributed by atoms with Gasteiger partial charge < -0.3 is 0 Å². The molecule has 242 valence electrons. The van der Waals surface area contributed by atoms with Gasteiger partial charge >= 0.3 is 0 Å². The second-order valence-corrected chi connectivity index (χ2v) is 18.5. The van der Waals surface area contributed by atoms with Gasteiger partial charge in [0.25, 0.3) is 0 Å². The van der Waals surface area contributed by atoms with Crippen LogP contribution in [0.3, 0.4) is 0 Å². The molecule has 0 saturated heterocycles. The zero-order chi connectivity index (χ0) is 29.5. The van der Waals surface area contributed by atoms with E-state index in [9.17, 15) is 0 Å². The summed E-state index contributed by atoms with van der Waals surface area (Å²) in [7, 11) is 0. The predicted octanol–water partition coefficient (Wildman–Crippen LogP) is 15.2. The van der Waals surface area contributed by atoms with Crippen molar-refractivity contribution in [3.63, 3.8) is 0 Å². The maximum atomic E-state index is 2.52. The Morgan fingerprint density at radius 3 is 0.725 bits per heavy atom. The molecule has 0 aromatic heterocycles. The molecule has 0 radical (unpaired) electrons. The van der Waals surface area contributed by atoms with E-state index in [-0.39, 0.29) is 0 Å². The zero-order valence-corrected chi connectivity index (χ0v) is 31.1. The Labute approximate surface area is 268 Å². The summed E-state index contributed by atoms with van der Waals surface area (Å²) in [4.78, 5) is 0. The zero-order valence-electron chi connectivity index (χ0n) is 28.6. The Balaban J connectivity index is 4.36. The fraction of sp³-hybridized carbons (Fsp3) is 1.00. The fourth-order valence-corrected chi connectivity index (χ4v) is 11.8. The topological polar surface area (TPSA) is 0 Å². The molecule has 0 saturated carbocycles. The van der Waals surface area contributed by atoms with Crippen molar-refractivity contribution in [1.82, 2.24) is 0 Å². The molecular weight excluding hydrogens is 541 g/mol. The van der Waals surface area contributed by atoms with Gasteiger partial charge in [0.1, 0.15) is 0 Å². The van der Waals surface area contributed by atoms with Gasteiger partial charge in [0, 0.05) is 15.7 Å². The number of thioether (sulfide) groups is 3. The van der Waals surface area contributed by atoms with Crippen molar-refractivity contribution < 1.29 is 0 Å². The van der Waals surface area contributed by atoms with Crippen molar-refractivity contribution in [3.05, 3.63) is 0 Å². The molecule has 40 heavy (non-hydrogen) atoms. The second-order valence-electron chi connectivity index (χ2n) is 12.9. The molecule has 0 heterocycles. The molecule has 3 unspecified atom stereocenters. The third-order valence-corrected chi connectivity index (χ3v) is 13.2. The van der Waals surface area contributed by atoms with Crippen molar-refractivity contribution in [2.24, 2.45) is 0 Å². The molecule has 0 fully saturated rings. The summed E-state index contributed by atoms with van der Waals surface area (Å²) in [6, 6.07) is 0. The molecule has 0 aliphatic carbocycles. The van der Waals surface area contributed by atoms with Crippen LogP contribution in [-0.4, -0.2) is 19.7 Å². The van der Waals surface area contributed by atoms with Gasteiger partial charge in [-0.2, -0.15) is 0 Å². The Hall–Kier alpha value is 1.05. The van der Waals surface area contributed by atoms with Crippen molar-refractivity contribution in [1.29, 1.82) is 0 Å². The molecular formula is C37H76S3. The summed E-state index contributed by atoms with van der Waals surface area (Å²) in [6.07, 6.45) is 38.8. The van der Waals surface area contributed by atoms with E-state index >= 15 is 0 Å². The summed E-state index contributed by atoms with van der Waals surface area (Å²) in [6.45, 7) is 14.5. The smallest absolute Gasteiger partial charge is 0.0963 e. The van der Waals surface area contributed by atoms with E-state index in [2.05, 4.69) is 76.8 Å². The first-order valence-corrected chi connectivity index (χ1v) is 21.3. The first-order chi connectivity index (χ1) is 19.5. The number of rotatable bonds is 33. The quantitative estimate of drug-likeness (QED) is 0.0532. The summed E-state index contributed by atoms with van der Waals surface area (Å²) >= 11 is 6.94. The maximum Gasteiger partial charge on any atom is 0.0963 e. The minimum atomic E-state index is 0.720. The average molecular weight is 617 g/mol. The van der Waals surface area contributed by atoms with Crippen LogP contribution in [0.2, 0.25) is 0 Å². The third kappa shape index (κ3) is 30.5. The first kappa shape index (κ1) is 41.0. The standard InChI is InChI=1S/C37H76S3/c1-7-10-13-16-19-22-25-28-31-34(4)38-37(39-35(5)32-29-26-23-20-17-14-11-8-2)40-36(6)33-30-27-24-21-18-15-12-9-3/h34-37H,7-33H2,1-6H3. The predicted molar refractivity (Wildman–Crippen MR) is 197 cm³/mol. The van der Waals surface area contributed by atoms with E-state index in [0.717, 1.165) is 19.7 Å². The van der Waals surface area contributed by atoms with Crippen LogP contribution < -0.4 is 0 Å². The molecule has 0 N–H and O–H groups in total. The van der Waals surface area contributed by atoms with Crippen LogP contribution in [0, 0.1) is 0 Å². The molecule has 0 aromatic carbocycles. The Morgan fingerprint density at radius 2 is 0.500 bits per heavy atom. The van der Waals surface area contributed by atoms with Crippen molar-refractivity contribution >= 4 is 35.3 Å². The molecule has 3 atom stereocenters. The Kier molecular flexibility index (Phi) is 33.8. The number of hydrogen-bond donors (Lipinski definition) is 0. The minimum absolute atomic E-state index is 0.720. The van der Waals surface area contributed by atoms with E-state index < -0.39 is 0 Å². The van der Waals surface area contributed by atoms with Gasteiger partial charge in [0.05, 0.1) is 3.91 Å². The largest absolute Gasteiger partial charge is 0.134 e. The Morgan fingerprint density at radius 1 is 0.300 bits per heavy atom. The first-order valence-electron chi connectivity index (χ1n) is 18.5. The Bertz CT molecular complexity index is 402. The lowest BCUT2D eigenvalue weighted by atomic mass is 10.1. The van der Waals surface area contributed by atoms with Gasteiger partial charge in [-0.05, 0) is 19.3 Å². The molecule has 0 bridgehead atoms. The normalized spacial score (nSPS) is 14.8. The lowest BCUT2D eigenvalue weighted by Gasteiger charge is -2.26. The summed E-state index contributed by atoms with van der Waals surface area (Å²) in [5.41, 5.74) is 0. The fourth-order valence-electron chi connectivity index (χ4n) is 5.57. The summed E-state index contributed by atoms with van der Waals surface area (Å²) < 4.78 is 0.720. The van der Waals surface area contributed by atoms with Crippen LogP contribution in [0.4, 0.5) is 0 Å². The monoisotopic (exact) mass is 617 g/mol. The SMILES string of the molecule is CCCCCCCCCCC(C)SC(SC(C)CCCCCCCCCC)SC(C)CCCCCCCCCC. The van der Waals surface area contributed by atoms with E-state index in [1.54, 1.807) is 0 Å². The molecule has 0 rings (SSSR count). The van der Waals surface area contributed by atoms with Gasteiger partial charge in [-0.3, -0.25) is 0 Å². The van der Waals surface area contributed by atoms with Gasteiger partial charge in [0.15, 0.2) is 0 Å². The second kappa shape index (κ2) is 33.0. The van der Waals surface area contributed by atoms with Gasteiger partial charge in [-0.1, -0.05) is 196 Å². The molecule has 0 aromatic rings. The molecule has 0 amide bonds. The van der Waals surface area contributed by atoms with E-state index in [1.807, 2.05) is 0 Å². The minimum Gasteiger partial charge on any atom is -0.134 e. The van der Waals surface area contributed by atoms with E-state index in [0.29, 0.717) is 0 Å². The lowest BCUT2D eigenvalue weighted by Crippen LogP contribution is -2.11. The maximum absolute atomic E-state index is 2.52. The molecule has 0 aliphatic heterocycles. The number of hydrogen-bond acceptors (Lipinski definition) is 3. The lowest BCUT2D eigenvalue weighted by molar-refractivity contribution is 0.564. The molecule has 0 nitrogen and oxygen atoms in total. The van der Waals surface area contributed by atoms with E-state index in [4.69, 9.17) is 0 Å². The highest BCUT2D eigenvalue weighted by Crippen LogP contribution is 2.43. The van der Waals surface area contributed by atoms with Crippen LogP contribution >= 0.6 is 35.3 Å². The third-order valence-electron chi connectivity index (χ3n) is 8.42. The highest BCUT2D eigenvalue weighted by atomic mass is 32.3. The van der Waals surface area contributed by atoms with Gasteiger partial charge in [0.2, 0.25) is 0 Å². The van der Waals surface area contributed by atoms with Gasteiger partial charge in [-0.25, -0.2) is 0 Å². The van der Waals surface area contributed by atoms with Crippen LogP contribution in [0.15, 0.2) is 0 Å². The van der Waals surface area contributed by atoms with Gasteiger partial charge in [-0.15, -0.1) is 35.3 Å². The van der Waals surface area contributed by atoms with Crippen LogP contribution in [0.25, 0.3) is 0 Å². The van der Waals surface area contributed by atoms with Crippen molar-refractivity contribution in [2.45, 2.75) is 235 Å². The van der Waals surface area contributed by atoms with Crippen LogP contribution in [-0.2, 0) is 0 Å². The van der Waals surface area contributed by atoms with Crippen LogP contribution in [0.1, 0.15) is 215 Å². The highest BCUT2D eigenvalue weighted by Gasteiger charge is 2.20. The molecule has 0 spiro atoms. The molecule has 0 aliphatic rings. The summed E-state index contributed by atoms with van der Waals surface area (Å²) in [5, 5.41) is 2.40. The number of unbranched alkanes of at least 4 members (excludes halogenated alkanes) is 21.